The molecule has 142 valence electrons. The zero-order valence-corrected chi connectivity index (χ0v) is 16.3. The van der Waals surface area contributed by atoms with E-state index in [1.807, 2.05) is 12.1 Å². The Kier molecular flexibility index (Phi) is 9.86. The van der Waals surface area contributed by atoms with Gasteiger partial charge in [0.2, 0.25) is 0 Å². The summed E-state index contributed by atoms with van der Waals surface area (Å²) in [4.78, 5) is 13.6. The fourth-order valence-corrected chi connectivity index (χ4v) is 3.15. The monoisotopic (exact) mass is 411 g/mol. The lowest BCUT2D eigenvalue weighted by atomic mass is 9.95. The van der Waals surface area contributed by atoms with Crippen molar-refractivity contribution in [3.8, 4) is 0 Å². The van der Waals surface area contributed by atoms with Gasteiger partial charge in [0.1, 0.15) is 0 Å². The average molecular weight is 413 g/mol. The van der Waals surface area contributed by atoms with E-state index < -0.39 is 0 Å². The number of benzene rings is 1. The van der Waals surface area contributed by atoms with Crippen LogP contribution in [0, 0.1) is 5.92 Å². The van der Waals surface area contributed by atoms with Crippen LogP contribution in [0.1, 0.15) is 11.7 Å². The minimum Gasteiger partial charge on any atom is -0.395 e. The second-order valence-corrected chi connectivity index (χ2v) is 6.47. The lowest BCUT2D eigenvalue weighted by Crippen LogP contribution is -2.45. The summed E-state index contributed by atoms with van der Waals surface area (Å²) >= 11 is 12.1. The maximum atomic E-state index is 12.0. The molecule has 1 heterocycles. The van der Waals surface area contributed by atoms with Crippen LogP contribution in [0.25, 0.3) is 0 Å². The molecule has 1 fully saturated rings. The molecule has 3 N–H and O–H groups in total. The Morgan fingerprint density at radius 2 is 2.20 bits per heavy atom. The molecule has 0 unspecified atom stereocenters. The Morgan fingerprint density at radius 1 is 1.44 bits per heavy atom. The first-order chi connectivity index (χ1) is 11.6. The van der Waals surface area contributed by atoms with Crippen LogP contribution in [0.2, 0.25) is 10.0 Å². The summed E-state index contributed by atoms with van der Waals surface area (Å²) in [5, 5.41) is 16.1. The molecule has 0 bridgehead atoms. The minimum absolute atomic E-state index is 0. The number of nitrogens with one attached hydrogen (secondary N) is 2. The van der Waals surface area contributed by atoms with Gasteiger partial charge in [0.15, 0.2) is 0 Å². The molecule has 0 aromatic heterocycles. The smallest absolute Gasteiger partial charge is 0.317 e. The Labute approximate surface area is 164 Å². The first kappa shape index (κ1) is 22.3. The minimum atomic E-state index is -0.221. The number of nitrogens with zero attached hydrogens (tertiary/aromatic N) is 1. The van der Waals surface area contributed by atoms with Gasteiger partial charge in [-0.15, -0.1) is 12.4 Å². The summed E-state index contributed by atoms with van der Waals surface area (Å²) in [6, 6.07) is 5.24. The van der Waals surface area contributed by atoms with E-state index in [0.29, 0.717) is 29.7 Å². The molecule has 0 aliphatic carbocycles. The highest BCUT2D eigenvalue weighted by molar-refractivity contribution is 6.42. The van der Waals surface area contributed by atoms with Crippen LogP contribution < -0.4 is 10.6 Å². The fraction of sp³-hybridized carbons (Fsp3) is 0.562. The van der Waals surface area contributed by atoms with Crippen LogP contribution in [0.5, 0.6) is 0 Å². The molecule has 2 rings (SSSR count). The number of hydrogen-bond acceptors (Lipinski definition) is 4. The fourth-order valence-electron chi connectivity index (χ4n) is 2.84. The van der Waals surface area contributed by atoms with Crippen molar-refractivity contribution in [2.75, 3.05) is 46.4 Å². The highest BCUT2D eigenvalue weighted by Gasteiger charge is 2.29. The van der Waals surface area contributed by atoms with Crippen molar-refractivity contribution < 1.29 is 14.6 Å². The maximum Gasteiger partial charge on any atom is 0.317 e. The highest BCUT2D eigenvalue weighted by Crippen LogP contribution is 2.32. The first-order valence-electron chi connectivity index (χ1n) is 7.91. The third kappa shape index (κ3) is 6.16. The number of carbonyl (C=O) groups is 1. The van der Waals surface area contributed by atoms with Gasteiger partial charge in [-0.05, 0) is 17.7 Å². The summed E-state index contributed by atoms with van der Waals surface area (Å²) in [6.07, 6.45) is -0.208. The van der Waals surface area contributed by atoms with Gasteiger partial charge >= 0.3 is 6.03 Å². The van der Waals surface area contributed by atoms with E-state index in [9.17, 15) is 9.90 Å². The quantitative estimate of drug-likeness (QED) is 0.694. The zero-order chi connectivity index (χ0) is 17.5. The topological polar surface area (TPSA) is 73.8 Å². The molecule has 1 aliphatic heterocycles. The third-order valence-electron chi connectivity index (χ3n) is 4.01. The Balaban J connectivity index is 0.00000312. The number of amides is 2. The van der Waals surface area contributed by atoms with Crippen molar-refractivity contribution in [3.05, 3.63) is 33.8 Å². The van der Waals surface area contributed by atoms with E-state index in [0.717, 1.165) is 12.1 Å². The van der Waals surface area contributed by atoms with Gasteiger partial charge in [0.25, 0.3) is 0 Å². The molecule has 1 saturated heterocycles. The molecule has 0 saturated carbocycles. The van der Waals surface area contributed by atoms with Gasteiger partial charge in [-0.1, -0.05) is 29.3 Å². The lowest BCUT2D eigenvalue weighted by molar-refractivity contribution is 0.0209. The van der Waals surface area contributed by atoms with Gasteiger partial charge in [-0.3, -0.25) is 0 Å². The molecular formula is C16H24Cl3N3O3. The van der Waals surface area contributed by atoms with Crippen LogP contribution in [-0.4, -0.2) is 62.5 Å². The molecule has 6 nitrogen and oxygen atoms in total. The molecule has 1 aromatic rings. The van der Waals surface area contributed by atoms with Gasteiger partial charge in [-0.25, -0.2) is 4.79 Å². The van der Waals surface area contributed by atoms with Gasteiger partial charge in [0.05, 0.1) is 29.4 Å². The Morgan fingerprint density at radius 3 is 2.84 bits per heavy atom. The number of rotatable bonds is 5. The molecule has 1 aromatic carbocycles. The average Bonchev–Trinajstić information content (AvgIpc) is 2.81. The van der Waals surface area contributed by atoms with Crippen LogP contribution in [0.3, 0.4) is 0 Å². The van der Waals surface area contributed by atoms with Crippen LogP contribution in [-0.2, 0) is 4.74 Å². The highest BCUT2D eigenvalue weighted by atomic mass is 35.5. The number of hydrogen-bond donors (Lipinski definition) is 3. The summed E-state index contributed by atoms with van der Waals surface area (Å²) in [5.74, 6) is 0.0218. The summed E-state index contributed by atoms with van der Waals surface area (Å²) in [5.41, 5.74) is 0.930. The normalized spacial score (nSPS) is 20.3. The number of halogens is 3. The van der Waals surface area contributed by atoms with Crippen molar-refractivity contribution in [1.82, 2.24) is 15.5 Å². The van der Waals surface area contributed by atoms with Crippen LogP contribution in [0.15, 0.2) is 18.2 Å². The molecule has 0 radical (unpaired) electrons. The number of aliphatic hydroxyl groups excluding tert-OH is 1. The largest absolute Gasteiger partial charge is 0.395 e. The number of aliphatic hydroxyl groups is 1. The van der Waals surface area contributed by atoms with E-state index in [1.165, 1.54) is 0 Å². The van der Waals surface area contributed by atoms with E-state index in [4.69, 9.17) is 27.9 Å². The SMILES string of the molecule is CNC(=O)N(CCO)C[C@@H]1CNCCO[C@H]1c1ccc(Cl)c(Cl)c1.Cl. The molecular weight excluding hydrogens is 389 g/mol. The lowest BCUT2D eigenvalue weighted by Gasteiger charge is -2.31. The second-order valence-electron chi connectivity index (χ2n) is 5.65. The summed E-state index contributed by atoms with van der Waals surface area (Å²) in [7, 11) is 1.57. The number of carbonyl (C=O) groups excluding carboxylic acids is 1. The van der Waals surface area contributed by atoms with Crippen molar-refractivity contribution in [2.45, 2.75) is 6.10 Å². The van der Waals surface area contributed by atoms with Gasteiger partial charge < -0.3 is 25.4 Å². The third-order valence-corrected chi connectivity index (χ3v) is 4.75. The van der Waals surface area contributed by atoms with E-state index >= 15 is 0 Å². The molecule has 9 heteroatoms. The zero-order valence-electron chi connectivity index (χ0n) is 14.0. The van der Waals surface area contributed by atoms with Gasteiger partial charge in [0, 0.05) is 39.1 Å². The Bertz CT molecular complexity index is 563. The predicted molar refractivity (Wildman–Crippen MR) is 102 cm³/mol. The first-order valence-corrected chi connectivity index (χ1v) is 8.67. The van der Waals surface area contributed by atoms with Crippen molar-refractivity contribution in [2.24, 2.45) is 5.92 Å². The maximum absolute atomic E-state index is 12.0. The van der Waals surface area contributed by atoms with Crippen LogP contribution >= 0.6 is 35.6 Å². The van der Waals surface area contributed by atoms with Crippen molar-refractivity contribution in [1.29, 1.82) is 0 Å². The summed E-state index contributed by atoms with van der Waals surface area (Å²) in [6.45, 7) is 2.65. The van der Waals surface area contributed by atoms with Crippen molar-refractivity contribution >= 4 is 41.6 Å². The molecule has 2 atom stereocenters. The van der Waals surface area contributed by atoms with Crippen molar-refractivity contribution in [3.63, 3.8) is 0 Å². The molecule has 1 aliphatic rings. The van der Waals surface area contributed by atoms with E-state index in [2.05, 4.69) is 10.6 Å². The van der Waals surface area contributed by atoms with Crippen LogP contribution in [0.4, 0.5) is 4.79 Å². The van der Waals surface area contributed by atoms with E-state index in [1.54, 1.807) is 18.0 Å². The van der Waals surface area contributed by atoms with E-state index in [-0.39, 0.29) is 43.6 Å². The predicted octanol–water partition coefficient (Wildman–Crippen LogP) is 2.33. The van der Waals surface area contributed by atoms with Gasteiger partial charge in [-0.2, -0.15) is 0 Å². The standard InChI is InChI=1S/C16H23Cl2N3O3.ClH/c1-19-16(23)21(5-6-22)10-12-9-20-4-7-24-15(12)11-2-3-13(17)14(18)8-11;/h2-3,8,12,15,20,22H,4-7,9-10H2,1H3,(H,19,23);1H/t12-,15-;/m0./s1. The second kappa shape index (κ2) is 11.1. The summed E-state index contributed by atoms with van der Waals surface area (Å²) < 4.78 is 6.00. The Hall–Kier alpha value is -0.760. The number of ether oxygens (including phenoxy) is 1. The number of urea groups is 1. The molecule has 2 amide bonds. The molecule has 0 spiro atoms. The molecule has 25 heavy (non-hydrogen) atoms.